The largest absolute Gasteiger partial charge is 0.337 e. The molecule has 0 amide bonds. The average Bonchev–Trinajstić information content (AvgIpc) is 3.08. The number of nitrogens with zero attached hydrogens (tertiary/aromatic N) is 2. The van der Waals surface area contributed by atoms with Gasteiger partial charge < -0.3 is 10.3 Å². The predicted molar refractivity (Wildman–Crippen MR) is 78.2 cm³/mol. The molecule has 20 heavy (non-hydrogen) atoms. The second kappa shape index (κ2) is 5.47. The summed E-state index contributed by atoms with van der Waals surface area (Å²) in [5.41, 5.74) is 6.04. The summed E-state index contributed by atoms with van der Waals surface area (Å²) in [6.07, 6.45) is 9.28. The van der Waals surface area contributed by atoms with Crippen molar-refractivity contribution in [2.75, 3.05) is 0 Å². The summed E-state index contributed by atoms with van der Waals surface area (Å²) in [6.45, 7) is 4.66. The third-order valence-corrected chi connectivity index (χ3v) is 5.44. The van der Waals surface area contributed by atoms with Crippen LogP contribution in [0, 0.1) is 11.8 Å². The van der Waals surface area contributed by atoms with Gasteiger partial charge in [0.25, 0.3) is 0 Å². The van der Waals surface area contributed by atoms with Crippen LogP contribution in [0.1, 0.15) is 82.8 Å². The fraction of sp³-hybridized carbons (Fsp3) is 0.875. The summed E-state index contributed by atoms with van der Waals surface area (Å²) in [7, 11) is 0. The molecule has 0 bridgehead atoms. The lowest BCUT2D eigenvalue weighted by Crippen LogP contribution is -2.33. The Morgan fingerprint density at radius 1 is 1.15 bits per heavy atom. The lowest BCUT2D eigenvalue weighted by Gasteiger charge is -2.29. The SMILES string of the molecule is CC(C)C1CCC(c2noc(C3(N)CCCC3)n2)CC1. The Hall–Kier alpha value is -0.900. The van der Waals surface area contributed by atoms with Gasteiger partial charge in [-0.2, -0.15) is 4.98 Å². The van der Waals surface area contributed by atoms with Gasteiger partial charge in [0.05, 0.1) is 5.54 Å². The quantitative estimate of drug-likeness (QED) is 0.914. The highest BCUT2D eigenvalue weighted by Crippen LogP contribution is 2.39. The van der Waals surface area contributed by atoms with Crippen molar-refractivity contribution in [2.45, 2.75) is 76.7 Å². The first-order valence-electron chi connectivity index (χ1n) is 8.21. The van der Waals surface area contributed by atoms with Gasteiger partial charge in [0, 0.05) is 5.92 Å². The van der Waals surface area contributed by atoms with Gasteiger partial charge in [-0.05, 0) is 50.4 Å². The lowest BCUT2D eigenvalue weighted by atomic mass is 9.77. The van der Waals surface area contributed by atoms with Crippen LogP contribution in [0.2, 0.25) is 0 Å². The van der Waals surface area contributed by atoms with Crippen LogP contribution in [0.25, 0.3) is 0 Å². The minimum atomic E-state index is -0.347. The molecule has 3 rings (SSSR count). The molecule has 1 aromatic rings. The van der Waals surface area contributed by atoms with Crippen LogP contribution in [0.5, 0.6) is 0 Å². The summed E-state index contributed by atoms with van der Waals surface area (Å²) in [6, 6.07) is 0. The maximum atomic E-state index is 6.39. The Morgan fingerprint density at radius 2 is 1.80 bits per heavy atom. The Bertz CT molecular complexity index is 440. The number of hydrogen-bond donors (Lipinski definition) is 1. The summed E-state index contributed by atoms with van der Waals surface area (Å²) in [4.78, 5) is 4.65. The Balaban J connectivity index is 1.66. The first-order chi connectivity index (χ1) is 9.58. The highest BCUT2D eigenvalue weighted by atomic mass is 16.5. The molecular formula is C16H27N3O. The molecule has 0 spiro atoms. The van der Waals surface area contributed by atoms with E-state index in [1.54, 1.807) is 0 Å². The minimum absolute atomic E-state index is 0.347. The molecule has 2 aliphatic rings. The van der Waals surface area contributed by atoms with E-state index in [2.05, 4.69) is 24.0 Å². The van der Waals surface area contributed by atoms with Crippen LogP contribution in [0.3, 0.4) is 0 Å². The highest BCUT2D eigenvalue weighted by molar-refractivity contribution is 5.07. The fourth-order valence-corrected chi connectivity index (χ4v) is 3.87. The molecule has 0 atom stereocenters. The zero-order valence-electron chi connectivity index (χ0n) is 12.8. The standard InChI is InChI=1S/C16H27N3O/c1-11(2)12-5-7-13(8-6-12)14-18-15(20-19-14)16(17)9-3-4-10-16/h11-13H,3-10,17H2,1-2H3. The Labute approximate surface area is 121 Å². The van der Waals surface area contributed by atoms with Crippen LogP contribution < -0.4 is 5.73 Å². The van der Waals surface area contributed by atoms with Crippen LogP contribution in [-0.2, 0) is 5.54 Å². The van der Waals surface area contributed by atoms with E-state index in [4.69, 9.17) is 10.3 Å². The second-order valence-corrected chi connectivity index (χ2v) is 7.18. The topological polar surface area (TPSA) is 64.9 Å². The maximum Gasteiger partial charge on any atom is 0.246 e. The van der Waals surface area contributed by atoms with E-state index in [1.165, 1.54) is 38.5 Å². The normalized spacial score (nSPS) is 30.0. The van der Waals surface area contributed by atoms with Crippen molar-refractivity contribution in [3.8, 4) is 0 Å². The number of aromatic nitrogens is 2. The highest BCUT2D eigenvalue weighted by Gasteiger charge is 2.37. The van der Waals surface area contributed by atoms with Gasteiger partial charge in [0.15, 0.2) is 5.82 Å². The molecule has 2 fully saturated rings. The smallest absolute Gasteiger partial charge is 0.246 e. The molecule has 0 radical (unpaired) electrons. The summed E-state index contributed by atoms with van der Waals surface area (Å²) < 4.78 is 5.49. The molecule has 2 N–H and O–H groups in total. The number of hydrogen-bond acceptors (Lipinski definition) is 4. The van der Waals surface area contributed by atoms with Gasteiger partial charge in [0.1, 0.15) is 0 Å². The molecule has 0 aliphatic heterocycles. The van der Waals surface area contributed by atoms with E-state index >= 15 is 0 Å². The Morgan fingerprint density at radius 3 is 2.40 bits per heavy atom. The molecule has 0 unspecified atom stereocenters. The molecule has 4 nitrogen and oxygen atoms in total. The summed E-state index contributed by atoms with van der Waals surface area (Å²) in [5, 5.41) is 4.23. The number of rotatable bonds is 3. The Kier molecular flexibility index (Phi) is 3.85. The lowest BCUT2D eigenvalue weighted by molar-refractivity contribution is 0.249. The molecule has 1 heterocycles. The second-order valence-electron chi connectivity index (χ2n) is 7.18. The molecule has 1 aromatic heterocycles. The van der Waals surface area contributed by atoms with Crippen molar-refractivity contribution in [1.29, 1.82) is 0 Å². The van der Waals surface area contributed by atoms with Crippen molar-refractivity contribution < 1.29 is 4.52 Å². The minimum Gasteiger partial charge on any atom is -0.337 e. The third-order valence-electron chi connectivity index (χ3n) is 5.44. The van der Waals surface area contributed by atoms with Gasteiger partial charge in [-0.3, -0.25) is 0 Å². The van der Waals surface area contributed by atoms with Crippen LogP contribution in [-0.4, -0.2) is 10.1 Å². The first kappa shape index (κ1) is 14.1. The van der Waals surface area contributed by atoms with E-state index in [0.717, 1.165) is 30.5 Å². The van der Waals surface area contributed by atoms with E-state index in [9.17, 15) is 0 Å². The third kappa shape index (κ3) is 2.62. The van der Waals surface area contributed by atoms with Crippen molar-refractivity contribution >= 4 is 0 Å². The zero-order valence-corrected chi connectivity index (χ0v) is 12.8. The summed E-state index contributed by atoms with van der Waals surface area (Å²) >= 11 is 0. The zero-order chi connectivity index (χ0) is 14.2. The molecule has 0 saturated heterocycles. The number of nitrogens with two attached hydrogens (primary N) is 1. The monoisotopic (exact) mass is 277 g/mol. The van der Waals surface area contributed by atoms with E-state index in [1.807, 2.05) is 0 Å². The summed E-state index contributed by atoms with van der Waals surface area (Å²) in [5.74, 6) is 3.72. The maximum absolute atomic E-state index is 6.39. The van der Waals surface area contributed by atoms with Gasteiger partial charge >= 0.3 is 0 Å². The van der Waals surface area contributed by atoms with Crippen LogP contribution >= 0.6 is 0 Å². The van der Waals surface area contributed by atoms with Crippen molar-refractivity contribution in [1.82, 2.24) is 10.1 Å². The molecule has 2 aliphatic carbocycles. The van der Waals surface area contributed by atoms with E-state index in [0.29, 0.717) is 11.8 Å². The van der Waals surface area contributed by atoms with Crippen molar-refractivity contribution in [2.24, 2.45) is 17.6 Å². The molecule has 0 aromatic carbocycles. The van der Waals surface area contributed by atoms with Gasteiger partial charge in [-0.15, -0.1) is 0 Å². The van der Waals surface area contributed by atoms with Gasteiger partial charge in [-0.25, -0.2) is 0 Å². The molecule has 4 heteroatoms. The van der Waals surface area contributed by atoms with Gasteiger partial charge in [0.2, 0.25) is 5.89 Å². The average molecular weight is 277 g/mol. The van der Waals surface area contributed by atoms with Crippen LogP contribution in [0.15, 0.2) is 4.52 Å². The molecular weight excluding hydrogens is 250 g/mol. The van der Waals surface area contributed by atoms with Crippen molar-refractivity contribution in [3.05, 3.63) is 11.7 Å². The van der Waals surface area contributed by atoms with Crippen LogP contribution in [0.4, 0.5) is 0 Å². The molecule has 112 valence electrons. The van der Waals surface area contributed by atoms with Gasteiger partial charge in [-0.1, -0.05) is 31.8 Å². The fourth-order valence-electron chi connectivity index (χ4n) is 3.87. The van der Waals surface area contributed by atoms with E-state index < -0.39 is 0 Å². The van der Waals surface area contributed by atoms with E-state index in [-0.39, 0.29) is 5.54 Å². The predicted octanol–water partition coefficient (Wildman–Crippen LogP) is 3.73. The first-order valence-corrected chi connectivity index (χ1v) is 8.21. The molecule has 2 saturated carbocycles. The van der Waals surface area contributed by atoms with Crippen molar-refractivity contribution in [3.63, 3.8) is 0 Å².